The van der Waals surface area contributed by atoms with Crippen molar-refractivity contribution in [3.63, 3.8) is 0 Å². The fourth-order valence-electron chi connectivity index (χ4n) is 5.01. The molecule has 230 valence electrons. The molecule has 47 heavy (non-hydrogen) atoms. The summed E-state index contributed by atoms with van der Waals surface area (Å²) >= 11 is 1.40. The van der Waals surface area contributed by atoms with Gasteiger partial charge in [0.1, 0.15) is 5.70 Å². The van der Waals surface area contributed by atoms with E-state index < -0.39 is 5.91 Å². The predicted molar refractivity (Wildman–Crippen MR) is 192 cm³/mol. The van der Waals surface area contributed by atoms with Crippen LogP contribution in [0.2, 0.25) is 0 Å². The zero-order chi connectivity index (χ0) is 32.4. The number of fused-ring (bicyclic) bond motifs is 1. The number of amides is 3. The first kappa shape index (κ1) is 31.1. The Morgan fingerprint density at radius 1 is 0.596 bits per heavy atom. The molecule has 0 unspecified atom stereocenters. The normalized spacial score (nSPS) is 11.1. The van der Waals surface area contributed by atoms with Gasteiger partial charge in [-0.1, -0.05) is 109 Å². The maximum atomic E-state index is 13.5. The number of anilines is 2. The Labute approximate surface area is 277 Å². The van der Waals surface area contributed by atoms with E-state index in [1.54, 1.807) is 42.5 Å². The Morgan fingerprint density at radius 3 is 1.98 bits per heavy atom. The molecule has 0 aliphatic rings. The van der Waals surface area contributed by atoms with Crippen molar-refractivity contribution in [2.75, 3.05) is 16.4 Å². The topological polar surface area (TPSA) is 87.3 Å². The van der Waals surface area contributed by atoms with Gasteiger partial charge in [0.25, 0.3) is 11.8 Å². The van der Waals surface area contributed by atoms with Crippen LogP contribution >= 0.6 is 11.8 Å². The lowest BCUT2D eigenvalue weighted by Crippen LogP contribution is -2.30. The monoisotopic (exact) mass is 633 g/mol. The number of carbonyl (C=O) groups excluding carboxylic acids is 3. The number of nitrogens with one attached hydrogen (secondary N) is 3. The Balaban J connectivity index is 1.12. The van der Waals surface area contributed by atoms with Crippen LogP contribution < -0.4 is 16.0 Å². The minimum atomic E-state index is -0.462. The second-order valence-corrected chi connectivity index (χ2v) is 11.8. The molecular weight excluding hydrogens is 603 g/mol. The van der Waals surface area contributed by atoms with E-state index in [4.69, 9.17) is 0 Å². The zero-order valence-corrected chi connectivity index (χ0v) is 26.2. The Hall–Kier alpha value is -5.92. The van der Waals surface area contributed by atoms with E-state index >= 15 is 0 Å². The molecule has 0 aliphatic heterocycles. The smallest absolute Gasteiger partial charge is 0.272 e. The summed E-state index contributed by atoms with van der Waals surface area (Å²) in [6.07, 6.45) is 1.66. The van der Waals surface area contributed by atoms with Gasteiger partial charge in [-0.3, -0.25) is 14.4 Å². The van der Waals surface area contributed by atoms with Gasteiger partial charge >= 0.3 is 0 Å². The van der Waals surface area contributed by atoms with Crippen molar-refractivity contribution in [3.05, 3.63) is 168 Å². The van der Waals surface area contributed by atoms with Crippen molar-refractivity contribution in [2.24, 2.45) is 0 Å². The maximum absolute atomic E-state index is 13.5. The van der Waals surface area contributed by atoms with Crippen LogP contribution in [-0.4, -0.2) is 23.5 Å². The van der Waals surface area contributed by atoms with Gasteiger partial charge in [-0.05, 0) is 70.6 Å². The standard InChI is InChI=1S/C40H31N3O3S/c44-38(42-36-17-9-15-31-12-7-8-16-35(31)36)27-47-34-24-22-33(23-25-34)41-40(46)37(43-39(45)32-13-5-2-6-14-32)26-28-18-20-30(21-19-28)29-10-3-1-4-11-29/h1-26H,27H2,(H,41,46)(H,42,44)(H,43,45)/b37-26-. The molecular formula is C40H31N3O3S. The SMILES string of the molecule is O=C(CSc1ccc(NC(=O)/C(=C/c2ccc(-c3ccccc3)cc2)NC(=O)c2ccccc2)cc1)Nc1cccc2ccccc12. The van der Waals surface area contributed by atoms with Crippen molar-refractivity contribution < 1.29 is 14.4 Å². The van der Waals surface area contributed by atoms with Crippen LogP contribution in [0.1, 0.15) is 15.9 Å². The van der Waals surface area contributed by atoms with Gasteiger partial charge in [-0.25, -0.2) is 0 Å². The first-order valence-electron chi connectivity index (χ1n) is 15.1. The second kappa shape index (κ2) is 14.9. The van der Waals surface area contributed by atoms with Crippen molar-refractivity contribution >= 4 is 57.7 Å². The van der Waals surface area contributed by atoms with Gasteiger partial charge < -0.3 is 16.0 Å². The predicted octanol–water partition coefficient (Wildman–Crippen LogP) is 8.65. The van der Waals surface area contributed by atoms with E-state index in [1.807, 2.05) is 115 Å². The van der Waals surface area contributed by atoms with Gasteiger partial charge in [0.2, 0.25) is 5.91 Å². The van der Waals surface area contributed by atoms with Crippen LogP contribution in [0.4, 0.5) is 11.4 Å². The third-order valence-corrected chi connectivity index (χ3v) is 8.42. The summed E-state index contributed by atoms with van der Waals surface area (Å²) in [4.78, 5) is 40.1. The zero-order valence-electron chi connectivity index (χ0n) is 25.4. The molecule has 6 rings (SSSR count). The molecule has 0 saturated carbocycles. The Morgan fingerprint density at radius 2 is 1.23 bits per heavy atom. The highest BCUT2D eigenvalue weighted by atomic mass is 32.2. The molecule has 3 amide bonds. The van der Waals surface area contributed by atoms with Crippen LogP contribution in [-0.2, 0) is 9.59 Å². The molecule has 0 aliphatic carbocycles. The summed E-state index contributed by atoms with van der Waals surface area (Å²) in [5.74, 6) is -0.724. The van der Waals surface area contributed by atoms with Crippen LogP contribution in [0, 0.1) is 0 Å². The van der Waals surface area contributed by atoms with Crippen molar-refractivity contribution in [2.45, 2.75) is 4.90 Å². The summed E-state index contributed by atoms with van der Waals surface area (Å²) in [7, 11) is 0. The molecule has 0 radical (unpaired) electrons. The van der Waals surface area contributed by atoms with E-state index in [1.165, 1.54) is 11.8 Å². The number of hydrogen-bond donors (Lipinski definition) is 3. The van der Waals surface area contributed by atoms with Crippen molar-refractivity contribution in [3.8, 4) is 11.1 Å². The summed E-state index contributed by atoms with van der Waals surface area (Å²) in [6.45, 7) is 0. The van der Waals surface area contributed by atoms with Gasteiger partial charge in [-0.2, -0.15) is 0 Å². The van der Waals surface area contributed by atoms with E-state index in [-0.39, 0.29) is 23.3 Å². The fourth-order valence-corrected chi connectivity index (χ4v) is 5.71. The maximum Gasteiger partial charge on any atom is 0.272 e. The van der Waals surface area contributed by atoms with Crippen molar-refractivity contribution in [1.29, 1.82) is 0 Å². The molecule has 6 aromatic rings. The Kier molecular flexibility index (Phi) is 9.86. The molecule has 6 nitrogen and oxygen atoms in total. The highest BCUT2D eigenvalue weighted by Gasteiger charge is 2.15. The highest BCUT2D eigenvalue weighted by molar-refractivity contribution is 8.00. The first-order valence-corrected chi connectivity index (χ1v) is 16.1. The third-order valence-electron chi connectivity index (χ3n) is 7.40. The molecule has 0 spiro atoms. The van der Waals surface area contributed by atoms with Gasteiger partial charge in [0, 0.05) is 27.2 Å². The second-order valence-electron chi connectivity index (χ2n) is 10.7. The molecule has 7 heteroatoms. The van der Waals surface area contributed by atoms with Crippen molar-refractivity contribution in [1.82, 2.24) is 5.32 Å². The lowest BCUT2D eigenvalue weighted by atomic mass is 10.0. The lowest BCUT2D eigenvalue weighted by molar-refractivity contribution is -0.114. The molecule has 0 atom stereocenters. The van der Waals surface area contributed by atoms with Crippen LogP contribution in [0.25, 0.3) is 28.0 Å². The Bertz CT molecular complexity index is 2040. The number of benzene rings is 6. The largest absolute Gasteiger partial charge is 0.325 e. The van der Waals surface area contributed by atoms with E-state index in [9.17, 15) is 14.4 Å². The number of carbonyl (C=O) groups is 3. The van der Waals surface area contributed by atoms with Gasteiger partial charge in [0.05, 0.1) is 5.75 Å². The summed E-state index contributed by atoms with van der Waals surface area (Å²) in [6, 6.07) is 47.5. The third kappa shape index (κ3) is 8.22. The molecule has 0 bridgehead atoms. The van der Waals surface area contributed by atoms with Crippen LogP contribution in [0.5, 0.6) is 0 Å². The molecule has 0 fully saturated rings. The summed E-state index contributed by atoms with van der Waals surface area (Å²) < 4.78 is 0. The molecule has 6 aromatic carbocycles. The number of hydrogen-bond acceptors (Lipinski definition) is 4. The number of rotatable bonds is 10. The van der Waals surface area contributed by atoms with Crippen LogP contribution in [0.15, 0.2) is 162 Å². The van der Waals surface area contributed by atoms with E-state index in [2.05, 4.69) is 16.0 Å². The summed E-state index contributed by atoms with van der Waals surface area (Å²) in [5.41, 5.74) is 4.78. The van der Waals surface area contributed by atoms with Gasteiger partial charge in [0.15, 0.2) is 0 Å². The summed E-state index contributed by atoms with van der Waals surface area (Å²) in [5, 5.41) is 10.7. The number of thioether (sulfide) groups is 1. The molecule has 0 aromatic heterocycles. The quantitative estimate of drug-likeness (QED) is 0.104. The highest BCUT2D eigenvalue weighted by Crippen LogP contribution is 2.25. The average molecular weight is 634 g/mol. The minimum absolute atomic E-state index is 0.106. The van der Waals surface area contributed by atoms with Crippen LogP contribution in [0.3, 0.4) is 0 Å². The average Bonchev–Trinajstić information content (AvgIpc) is 3.12. The first-order chi connectivity index (χ1) is 23.0. The fraction of sp³-hybridized carbons (Fsp3) is 0.0250. The van der Waals surface area contributed by atoms with E-state index in [0.29, 0.717) is 11.3 Å². The van der Waals surface area contributed by atoms with E-state index in [0.717, 1.165) is 38.0 Å². The molecule has 0 heterocycles. The molecule has 0 saturated heterocycles. The van der Waals surface area contributed by atoms with Gasteiger partial charge in [-0.15, -0.1) is 11.8 Å². The lowest BCUT2D eigenvalue weighted by Gasteiger charge is -2.12. The molecule has 3 N–H and O–H groups in total. The minimum Gasteiger partial charge on any atom is -0.325 e.